The number of carbonyl (C=O) groups excluding carboxylic acids is 3. The number of methoxy groups -OCH3 is 1. The molecule has 1 N–H and O–H groups in total. The molecule has 4 saturated carbocycles. The number of halogens is 3. The summed E-state index contributed by atoms with van der Waals surface area (Å²) in [6.45, 7) is 4.67. The third kappa shape index (κ3) is 5.33. The van der Waals surface area contributed by atoms with E-state index in [2.05, 4.69) is 19.2 Å². The second-order valence-electron chi connectivity index (χ2n) is 15.3. The number of hydrogen-bond acceptors (Lipinski definition) is 6. The van der Waals surface area contributed by atoms with E-state index in [9.17, 15) is 14.4 Å². The molecule has 47 heavy (non-hydrogen) atoms. The fourth-order valence-corrected chi connectivity index (χ4v) is 10.8. The van der Waals surface area contributed by atoms with E-state index in [0.29, 0.717) is 51.2 Å². The molecule has 0 amide bonds. The molecule has 1 saturated heterocycles. The first-order chi connectivity index (χ1) is 22.4. The molecule has 2 aromatic carbocycles. The van der Waals surface area contributed by atoms with Crippen molar-refractivity contribution in [2.45, 2.75) is 102 Å². The molecule has 252 valence electrons. The largest absolute Gasteiger partial charge is 0.468 e. The summed E-state index contributed by atoms with van der Waals surface area (Å²) >= 11 is 6.02. The van der Waals surface area contributed by atoms with Crippen molar-refractivity contribution in [3.8, 4) is 0 Å². The lowest BCUT2D eigenvalue weighted by Gasteiger charge is -2.60. The zero-order valence-electron chi connectivity index (χ0n) is 27.3. The van der Waals surface area contributed by atoms with Crippen LogP contribution in [0.3, 0.4) is 0 Å². The minimum atomic E-state index is -3.44. The SMILES string of the molecule is COC(=O)[C@@H]1N[C@H](c2ccc(C(=O)O[C@@H]3CC[C@@]4(C)C(CC[C@@H]5[C@@H]4CC[C@]4(C)C(=O)CC[C@@H]54)C3)cc2)[C@@H](c2ccc(Cl)cc2)C1(F)F. The van der Waals surface area contributed by atoms with Gasteiger partial charge in [0.15, 0.2) is 6.04 Å². The number of fused-ring (bicyclic) bond motifs is 5. The highest BCUT2D eigenvalue weighted by atomic mass is 35.5. The molecule has 6 nitrogen and oxygen atoms in total. The first kappa shape index (κ1) is 32.7. The molecule has 0 aromatic heterocycles. The molecule has 5 fully saturated rings. The number of esters is 2. The third-order valence-corrected chi connectivity index (χ3v) is 13.5. The lowest BCUT2D eigenvalue weighted by atomic mass is 9.45. The average Bonchev–Trinajstić information content (AvgIpc) is 3.52. The molecule has 1 unspecified atom stereocenters. The predicted octanol–water partition coefficient (Wildman–Crippen LogP) is 8.08. The summed E-state index contributed by atoms with van der Waals surface area (Å²) < 4.78 is 42.3. The van der Waals surface area contributed by atoms with Crippen LogP contribution in [0, 0.1) is 34.5 Å². The molecular formula is C38H44ClF2NO5. The van der Waals surface area contributed by atoms with Gasteiger partial charge in [-0.2, -0.15) is 0 Å². The van der Waals surface area contributed by atoms with Crippen LogP contribution in [0.15, 0.2) is 48.5 Å². The number of nitrogens with one attached hydrogen (secondary N) is 1. The number of alkyl halides is 2. The number of ether oxygens (including phenoxy) is 2. The van der Waals surface area contributed by atoms with Gasteiger partial charge in [0.2, 0.25) is 0 Å². The molecular weight excluding hydrogens is 624 g/mol. The Hall–Kier alpha value is -2.84. The van der Waals surface area contributed by atoms with Gasteiger partial charge in [-0.15, -0.1) is 0 Å². The molecule has 4 aliphatic carbocycles. The number of carbonyl (C=O) groups is 3. The van der Waals surface area contributed by atoms with Crippen molar-refractivity contribution in [3.63, 3.8) is 0 Å². The van der Waals surface area contributed by atoms with Gasteiger partial charge in [-0.3, -0.25) is 14.9 Å². The fourth-order valence-electron chi connectivity index (χ4n) is 10.6. The Morgan fingerprint density at radius 3 is 2.30 bits per heavy atom. The van der Waals surface area contributed by atoms with Crippen LogP contribution < -0.4 is 5.32 Å². The summed E-state index contributed by atoms with van der Waals surface area (Å²) in [4.78, 5) is 38.5. The van der Waals surface area contributed by atoms with Gasteiger partial charge in [-0.25, -0.2) is 13.6 Å². The molecule has 0 bridgehead atoms. The zero-order chi connectivity index (χ0) is 33.3. The van der Waals surface area contributed by atoms with Crippen LogP contribution >= 0.6 is 11.6 Å². The van der Waals surface area contributed by atoms with Crippen LogP contribution in [0.25, 0.3) is 0 Å². The van der Waals surface area contributed by atoms with Crippen LogP contribution in [0.2, 0.25) is 5.02 Å². The van der Waals surface area contributed by atoms with E-state index < -0.39 is 35.9 Å². The van der Waals surface area contributed by atoms with Crippen molar-refractivity contribution in [2.75, 3.05) is 7.11 Å². The standard InChI is InChI=1S/C38H44ClF2NO5/c1-36-18-16-26(20-24(36)10-13-27-28-14-15-30(43)37(28,2)19-17-29(27)36)47-34(44)23-6-4-22(5-7-23)32-31(21-8-11-25(39)12-9-21)38(40,41)33(42-32)35(45)46-3/h4-9,11-12,24,26-29,31-33,42H,10,13-20H2,1-3H3/t24?,26-,27+,28+,29+,31-,32-,33+,36+,37+/m1/s1. The Morgan fingerprint density at radius 2 is 1.60 bits per heavy atom. The van der Waals surface area contributed by atoms with Crippen LogP contribution in [-0.4, -0.2) is 42.9 Å². The first-order valence-corrected chi connectivity index (χ1v) is 17.6. The van der Waals surface area contributed by atoms with Crippen LogP contribution in [0.4, 0.5) is 8.78 Å². The minimum Gasteiger partial charge on any atom is -0.468 e. The molecule has 0 spiro atoms. The summed E-state index contributed by atoms with van der Waals surface area (Å²) in [5.74, 6) is -3.53. The summed E-state index contributed by atoms with van der Waals surface area (Å²) in [6.07, 6.45) is 8.70. The van der Waals surface area contributed by atoms with E-state index in [-0.39, 0.29) is 16.9 Å². The Bertz CT molecular complexity index is 1550. The van der Waals surface area contributed by atoms with E-state index in [4.69, 9.17) is 21.1 Å². The van der Waals surface area contributed by atoms with Crippen molar-refractivity contribution in [2.24, 2.45) is 34.5 Å². The Balaban J connectivity index is 1.03. The van der Waals surface area contributed by atoms with E-state index in [1.165, 1.54) is 0 Å². The highest BCUT2D eigenvalue weighted by Gasteiger charge is 2.62. The van der Waals surface area contributed by atoms with Crippen molar-refractivity contribution < 1.29 is 32.6 Å². The first-order valence-electron chi connectivity index (χ1n) is 17.2. The lowest BCUT2D eigenvalue weighted by molar-refractivity contribution is -0.151. The molecule has 9 heteroatoms. The molecule has 2 aromatic rings. The maximum absolute atomic E-state index is 15.7. The van der Waals surface area contributed by atoms with Gasteiger partial charge in [0.05, 0.1) is 18.6 Å². The topological polar surface area (TPSA) is 81.7 Å². The van der Waals surface area contributed by atoms with Gasteiger partial charge in [0, 0.05) is 22.9 Å². The minimum absolute atomic E-state index is 0.124. The van der Waals surface area contributed by atoms with Gasteiger partial charge in [-0.05, 0) is 116 Å². The second kappa shape index (κ2) is 11.9. The van der Waals surface area contributed by atoms with Gasteiger partial charge < -0.3 is 9.47 Å². The number of benzene rings is 2. The van der Waals surface area contributed by atoms with E-state index in [1.807, 2.05) is 0 Å². The van der Waals surface area contributed by atoms with Gasteiger partial charge in [0.25, 0.3) is 5.92 Å². The van der Waals surface area contributed by atoms with Crippen molar-refractivity contribution in [1.29, 1.82) is 0 Å². The van der Waals surface area contributed by atoms with Crippen LogP contribution in [0.5, 0.6) is 0 Å². The van der Waals surface area contributed by atoms with Gasteiger partial charge in [-0.1, -0.05) is 49.7 Å². The number of rotatable bonds is 5. The van der Waals surface area contributed by atoms with Crippen LogP contribution in [-0.2, 0) is 19.1 Å². The Labute approximate surface area is 280 Å². The summed E-state index contributed by atoms with van der Waals surface area (Å²) in [5.41, 5.74) is 1.30. The molecule has 5 aliphatic rings. The lowest BCUT2D eigenvalue weighted by Crippen LogP contribution is -2.54. The smallest absolute Gasteiger partial charge is 0.338 e. The van der Waals surface area contributed by atoms with Crippen molar-refractivity contribution >= 4 is 29.3 Å². The van der Waals surface area contributed by atoms with Crippen molar-refractivity contribution in [1.82, 2.24) is 5.32 Å². The van der Waals surface area contributed by atoms with Crippen LogP contribution in [0.1, 0.15) is 105 Å². The number of ketones is 1. The molecule has 1 aliphatic heterocycles. The van der Waals surface area contributed by atoms with E-state index in [0.717, 1.165) is 64.9 Å². The molecule has 10 atom stereocenters. The molecule has 7 rings (SSSR count). The maximum Gasteiger partial charge on any atom is 0.338 e. The average molecular weight is 668 g/mol. The van der Waals surface area contributed by atoms with E-state index >= 15 is 8.78 Å². The quantitative estimate of drug-likeness (QED) is 0.325. The Morgan fingerprint density at radius 1 is 0.894 bits per heavy atom. The summed E-state index contributed by atoms with van der Waals surface area (Å²) in [5, 5.41) is 3.22. The van der Waals surface area contributed by atoms with Gasteiger partial charge in [0.1, 0.15) is 11.9 Å². The highest BCUT2D eigenvalue weighted by molar-refractivity contribution is 6.30. The number of hydrogen-bond donors (Lipinski definition) is 1. The molecule has 1 heterocycles. The predicted molar refractivity (Wildman–Crippen MR) is 173 cm³/mol. The second-order valence-corrected chi connectivity index (χ2v) is 15.7. The van der Waals surface area contributed by atoms with E-state index in [1.54, 1.807) is 48.5 Å². The number of Topliss-reactive ketones (excluding diaryl/α,β-unsaturated/α-hetero) is 1. The monoisotopic (exact) mass is 667 g/mol. The highest BCUT2D eigenvalue weighted by Crippen LogP contribution is 2.65. The summed E-state index contributed by atoms with van der Waals surface area (Å²) in [7, 11) is 1.09. The third-order valence-electron chi connectivity index (χ3n) is 13.3. The Kier molecular flexibility index (Phi) is 8.31. The van der Waals surface area contributed by atoms with Crippen molar-refractivity contribution in [3.05, 3.63) is 70.2 Å². The normalized spacial score (nSPS) is 39.0. The molecule has 0 radical (unpaired) electrons. The fraction of sp³-hybridized carbons (Fsp3) is 0.605. The van der Waals surface area contributed by atoms with Gasteiger partial charge >= 0.3 is 11.9 Å². The zero-order valence-corrected chi connectivity index (χ0v) is 28.0. The summed E-state index contributed by atoms with van der Waals surface area (Å²) in [6, 6.07) is 9.98. The maximum atomic E-state index is 15.7.